The number of aliphatic carboxylic acids is 1. The molecule has 7 heteroatoms. The number of methoxy groups -OCH3 is 1. The van der Waals surface area contributed by atoms with Crippen molar-refractivity contribution < 1.29 is 14.6 Å². The summed E-state index contributed by atoms with van der Waals surface area (Å²) in [5.74, 6) is -0.353. The molecule has 1 unspecified atom stereocenters. The third-order valence-electron chi connectivity index (χ3n) is 4.65. The smallest absolute Gasteiger partial charge is 0.325 e. The van der Waals surface area contributed by atoms with Crippen LogP contribution in [-0.4, -0.2) is 59.1 Å². The van der Waals surface area contributed by atoms with Gasteiger partial charge in [-0.25, -0.2) is 0 Å². The maximum Gasteiger partial charge on any atom is 0.325 e. The summed E-state index contributed by atoms with van der Waals surface area (Å²) in [4.78, 5) is 20.3. The first-order valence-electron chi connectivity index (χ1n) is 8.50. The Labute approximate surface area is 158 Å². The molecule has 6 nitrogen and oxygen atoms in total. The van der Waals surface area contributed by atoms with Crippen LogP contribution in [0.2, 0.25) is 5.02 Å². The zero-order chi connectivity index (χ0) is 18.5. The van der Waals surface area contributed by atoms with Gasteiger partial charge in [-0.15, -0.1) is 0 Å². The number of aromatic nitrogens is 1. The van der Waals surface area contributed by atoms with Crippen LogP contribution < -0.4 is 4.74 Å². The Morgan fingerprint density at radius 1 is 1.23 bits per heavy atom. The minimum absolute atomic E-state index is 0.503. The van der Waals surface area contributed by atoms with Gasteiger partial charge in [0.05, 0.1) is 7.11 Å². The number of piperazine rings is 1. The van der Waals surface area contributed by atoms with Crippen molar-refractivity contribution >= 4 is 17.6 Å². The third kappa shape index (κ3) is 4.33. The molecule has 0 radical (unpaired) electrons. The molecule has 0 saturated carbocycles. The summed E-state index contributed by atoms with van der Waals surface area (Å²) in [6.07, 6.45) is 3.58. The van der Waals surface area contributed by atoms with E-state index in [0.29, 0.717) is 29.4 Å². The molecule has 2 heterocycles. The molecular weight excluding hydrogens is 354 g/mol. The first kappa shape index (κ1) is 18.6. The quantitative estimate of drug-likeness (QED) is 0.837. The summed E-state index contributed by atoms with van der Waals surface area (Å²) in [5.41, 5.74) is 1.80. The van der Waals surface area contributed by atoms with Crippen LogP contribution in [0.15, 0.2) is 42.7 Å². The minimum Gasteiger partial charge on any atom is -0.496 e. The van der Waals surface area contributed by atoms with Gasteiger partial charge >= 0.3 is 5.97 Å². The Bertz CT molecular complexity index is 749. The molecule has 1 aliphatic rings. The highest BCUT2D eigenvalue weighted by Gasteiger charge is 2.32. The minimum atomic E-state index is -0.895. The molecule has 1 aromatic carbocycles. The van der Waals surface area contributed by atoms with Crippen molar-refractivity contribution in [2.75, 3.05) is 33.3 Å². The molecule has 1 atom stereocenters. The average Bonchev–Trinajstić information content (AvgIpc) is 2.64. The molecule has 1 fully saturated rings. The van der Waals surface area contributed by atoms with Gasteiger partial charge in [-0.3, -0.25) is 19.6 Å². The Kier molecular flexibility index (Phi) is 6.08. The van der Waals surface area contributed by atoms with Crippen LogP contribution in [-0.2, 0) is 11.3 Å². The highest BCUT2D eigenvalue weighted by molar-refractivity contribution is 6.30. The van der Waals surface area contributed by atoms with E-state index in [1.54, 1.807) is 30.6 Å². The molecule has 0 bridgehead atoms. The summed E-state index contributed by atoms with van der Waals surface area (Å²) in [6.45, 7) is 3.77. The van der Waals surface area contributed by atoms with Crippen molar-refractivity contribution in [3.8, 4) is 5.75 Å². The van der Waals surface area contributed by atoms with E-state index in [1.165, 1.54) is 12.7 Å². The topological polar surface area (TPSA) is 65.9 Å². The van der Waals surface area contributed by atoms with Crippen molar-refractivity contribution in [2.45, 2.75) is 12.6 Å². The maximum absolute atomic E-state index is 12.0. The lowest BCUT2D eigenvalue weighted by Gasteiger charge is -2.38. The summed E-state index contributed by atoms with van der Waals surface area (Å²) in [5, 5.41) is 10.3. The molecule has 2 aromatic rings. The molecule has 0 aliphatic carbocycles. The highest BCUT2D eigenvalue weighted by Crippen LogP contribution is 2.32. The number of carboxylic acids is 1. The lowest BCUT2D eigenvalue weighted by molar-refractivity contribution is -0.144. The number of rotatable bonds is 6. The van der Waals surface area contributed by atoms with E-state index in [-0.39, 0.29) is 0 Å². The molecule has 3 rings (SSSR count). The van der Waals surface area contributed by atoms with E-state index in [0.717, 1.165) is 19.6 Å². The summed E-state index contributed by atoms with van der Waals surface area (Å²) < 4.78 is 5.36. The zero-order valence-electron chi connectivity index (χ0n) is 14.6. The molecule has 0 amide bonds. The molecule has 1 aromatic heterocycles. The van der Waals surface area contributed by atoms with Gasteiger partial charge in [0, 0.05) is 55.7 Å². The molecule has 1 saturated heterocycles. The lowest BCUT2D eigenvalue weighted by Crippen LogP contribution is -2.48. The number of halogens is 1. The predicted molar refractivity (Wildman–Crippen MR) is 99.5 cm³/mol. The molecule has 1 aliphatic heterocycles. The Morgan fingerprint density at radius 3 is 2.54 bits per heavy atom. The van der Waals surface area contributed by atoms with Gasteiger partial charge in [0.1, 0.15) is 11.8 Å². The lowest BCUT2D eigenvalue weighted by atomic mass is 10.0. The summed E-state index contributed by atoms with van der Waals surface area (Å²) in [6, 6.07) is 8.34. The molecule has 138 valence electrons. The monoisotopic (exact) mass is 375 g/mol. The third-order valence-corrected chi connectivity index (χ3v) is 4.88. The van der Waals surface area contributed by atoms with Crippen LogP contribution in [0.1, 0.15) is 17.2 Å². The van der Waals surface area contributed by atoms with E-state index in [4.69, 9.17) is 16.3 Å². The second-order valence-electron chi connectivity index (χ2n) is 6.29. The fourth-order valence-corrected chi connectivity index (χ4v) is 3.51. The van der Waals surface area contributed by atoms with E-state index in [9.17, 15) is 9.90 Å². The van der Waals surface area contributed by atoms with E-state index in [1.807, 2.05) is 17.0 Å². The van der Waals surface area contributed by atoms with E-state index in [2.05, 4.69) is 9.88 Å². The van der Waals surface area contributed by atoms with Crippen LogP contribution in [0, 0.1) is 0 Å². The van der Waals surface area contributed by atoms with Crippen molar-refractivity contribution in [2.24, 2.45) is 0 Å². The predicted octanol–water partition coefficient (Wildman–Crippen LogP) is 2.69. The van der Waals surface area contributed by atoms with Crippen molar-refractivity contribution in [1.82, 2.24) is 14.8 Å². The molecule has 0 spiro atoms. The van der Waals surface area contributed by atoms with Crippen LogP contribution in [0.3, 0.4) is 0 Å². The summed E-state index contributed by atoms with van der Waals surface area (Å²) >= 11 is 6.09. The highest BCUT2D eigenvalue weighted by atomic mass is 35.5. The Morgan fingerprint density at radius 2 is 1.92 bits per heavy atom. The van der Waals surface area contributed by atoms with Gasteiger partial charge < -0.3 is 9.84 Å². The van der Waals surface area contributed by atoms with E-state index >= 15 is 0 Å². The zero-order valence-corrected chi connectivity index (χ0v) is 15.4. The fourth-order valence-electron chi connectivity index (χ4n) is 3.33. The standard InChI is InChI=1S/C19H22ClN3O3/c1-26-17-3-2-15(20)12-16(17)18(19(24)25)23-10-8-22(9-11-23)13-14-4-6-21-7-5-14/h2-7,12,18H,8-11,13H2,1H3,(H,24,25). The Hall–Kier alpha value is -2.15. The number of carbonyl (C=O) groups is 1. The first-order valence-corrected chi connectivity index (χ1v) is 8.88. The number of carboxylic acid groups (broad SMARTS) is 1. The van der Waals surface area contributed by atoms with E-state index < -0.39 is 12.0 Å². The van der Waals surface area contributed by atoms with Crippen LogP contribution in [0.5, 0.6) is 5.75 Å². The Balaban J connectivity index is 1.71. The van der Waals surface area contributed by atoms with Gasteiger partial charge in [-0.2, -0.15) is 0 Å². The fraction of sp³-hybridized carbons (Fsp3) is 0.368. The number of benzene rings is 1. The van der Waals surface area contributed by atoms with Gasteiger partial charge in [-0.1, -0.05) is 11.6 Å². The number of nitrogens with zero attached hydrogens (tertiary/aromatic N) is 3. The molecule has 26 heavy (non-hydrogen) atoms. The van der Waals surface area contributed by atoms with Crippen molar-refractivity contribution in [1.29, 1.82) is 0 Å². The molecular formula is C19H22ClN3O3. The summed E-state index contributed by atoms with van der Waals surface area (Å²) in [7, 11) is 1.54. The number of hydrogen-bond donors (Lipinski definition) is 1. The SMILES string of the molecule is COc1ccc(Cl)cc1C(C(=O)O)N1CCN(Cc2ccncc2)CC1. The van der Waals surface area contributed by atoms with Crippen LogP contribution in [0.4, 0.5) is 0 Å². The largest absolute Gasteiger partial charge is 0.496 e. The number of hydrogen-bond acceptors (Lipinski definition) is 5. The van der Waals surface area contributed by atoms with Gasteiger partial charge in [0.2, 0.25) is 0 Å². The second kappa shape index (κ2) is 8.49. The van der Waals surface area contributed by atoms with Crippen molar-refractivity contribution in [3.05, 3.63) is 58.9 Å². The van der Waals surface area contributed by atoms with Crippen molar-refractivity contribution in [3.63, 3.8) is 0 Å². The van der Waals surface area contributed by atoms with Gasteiger partial charge in [0.15, 0.2) is 0 Å². The maximum atomic E-state index is 12.0. The number of ether oxygens (including phenoxy) is 1. The average molecular weight is 376 g/mol. The van der Waals surface area contributed by atoms with Gasteiger partial charge in [-0.05, 0) is 35.9 Å². The van der Waals surface area contributed by atoms with Gasteiger partial charge in [0.25, 0.3) is 0 Å². The normalized spacial score (nSPS) is 17.0. The molecule has 1 N–H and O–H groups in total. The van der Waals surface area contributed by atoms with Crippen LogP contribution >= 0.6 is 11.6 Å². The number of pyridine rings is 1. The van der Waals surface area contributed by atoms with Crippen LogP contribution in [0.25, 0.3) is 0 Å². The first-order chi connectivity index (χ1) is 12.6. The second-order valence-corrected chi connectivity index (χ2v) is 6.73.